The summed E-state index contributed by atoms with van der Waals surface area (Å²) in [6, 6.07) is 11.5. The SMILES string of the molecule is NC(=NCCNc1ncccn1)c1ccccc1. The molecule has 0 amide bonds. The topological polar surface area (TPSA) is 76.2 Å². The summed E-state index contributed by atoms with van der Waals surface area (Å²) in [6.07, 6.45) is 3.38. The smallest absolute Gasteiger partial charge is 0.222 e. The molecule has 0 saturated carbocycles. The lowest BCUT2D eigenvalue weighted by atomic mass is 10.2. The molecule has 5 nitrogen and oxygen atoms in total. The summed E-state index contributed by atoms with van der Waals surface area (Å²) in [5, 5.41) is 3.07. The van der Waals surface area contributed by atoms with Crippen molar-refractivity contribution in [1.82, 2.24) is 9.97 Å². The van der Waals surface area contributed by atoms with Crippen molar-refractivity contribution in [2.75, 3.05) is 18.4 Å². The molecule has 1 aromatic heterocycles. The van der Waals surface area contributed by atoms with Gasteiger partial charge in [-0.25, -0.2) is 9.97 Å². The van der Waals surface area contributed by atoms with E-state index < -0.39 is 0 Å². The first-order valence-electron chi connectivity index (χ1n) is 5.72. The number of benzene rings is 1. The molecule has 0 unspecified atom stereocenters. The van der Waals surface area contributed by atoms with Crippen LogP contribution in [0.25, 0.3) is 0 Å². The van der Waals surface area contributed by atoms with Crippen molar-refractivity contribution in [2.45, 2.75) is 0 Å². The number of hydrogen-bond acceptors (Lipinski definition) is 4. The molecule has 0 aliphatic carbocycles. The molecule has 5 heteroatoms. The number of rotatable bonds is 5. The lowest BCUT2D eigenvalue weighted by Gasteiger charge is -2.03. The van der Waals surface area contributed by atoms with Crippen molar-refractivity contribution < 1.29 is 0 Å². The Morgan fingerprint density at radius 3 is 2.56 bits per heavy atom. The van der Waals surface area contributed by atoms with E-state index in [2.05, 4.69) is 20.3 Å². The van der Waals surface area contributed by atoms with Gasteiger partial charge in [-0.05, 0) is 6.07 Å². The van der Waals surface area contributed by atoms with E-state index in [1.807, 2.05) is 30.3 Å². The van der Waals surface area contributed by atoms with Crippen LogP contribution in [0, 0.1) is 0 Å². The normalized spacial score (nSPS) is 11.2. The van der Waals surface area contributed by atoms with Crippen LogP contribution in [-0.4, -0.2) is 28.9 Å². The molecular weight excluding hydrogens is 226 g/mol. The number of anilines is 1. The van der Waals surface area contributed by atoms with E-state index in [0.29, 0.717) is 24.9 Å². The number of aliphatic imine (C=N–C) groups is 1. The lowest BCUT2D eigenvalue weighted by molar-refractivity contribution is 0.986. The first-order chi connectivity index (χ1) is 8.86. The van der Waals surface area contributed by atoms with Crippen LogP contribution in [0.1, 0.15) is 5.56 Å². The third kappa shape index (κ3) is 3.55. The average molecular weight is 241 g/mol. The van der Waals surface area contributed by atoms with Crippen molar-refractivity contribution >= 4 is 11.8 Å². The molecule has 0 bridgehead atoms. The van der Waals surface area contributed by atoms with E-state index in [1.165, 1.54) is 0 Å². The predicted molar refractivity (Wildman–Crippen MR) is 72.6 cm³/mol. The van der Waals surface area contributed by atoms with Crippen LogP contribution in [0.4, 0.5) is 5.95 Å². The number of aromatic nitrogens is 2. The van der Waals surface area contributed by atoms with Crippen LogP contribution in [0.2, 0.25) is 0 Å². The monoisotopic (exact) mass is 241 g/mol. The first-order valence-corrected chi connectivity index (χ1v) is 5.72. The fourth-order valence-corrected chi connectivity index (χ4v) is 1.43. The standard InChI is InChI=1S/C13H15N5/c14-12(11-5-2-1-3-6-11)15-9-10-18-13-16-7-4-8-17-13/h1-8H,9-10H2,(H2,14,15)(H,16,17,18). The van der Waals surface area contributed by atoms with Gasteiger partial charge in [-0.1, -0.05) is 30.3 Å². The fraction of sp³-hybridized carbons (Fsp3) is 0.154. The molecule has 0 atom stereocenters. The maximum Gasteiger partial charge on any atom is 0.222 e. The van der Waals surface area contributed by atoms with Gasteiger partial charge in [0.15, 0.2) is 0 Å². The van der Waals surface area contributed by atoms with E-state index >= 15 is 0 Å². The number of nitrogens with two attached hydrogens (primary N) is 1. The Balaban J connectivity index is 1.81. The van der Waals surface area contributed by atoms with Gasteiger partial charge in [-0.15, -0.1) is 0 Å². The van der Waals surface area contributed by atoms with E-state index in [-0.39, 0.29) is 0 Å². The van der Waals surface area contributed by atoms with Crippen molar-refractivity contribution in [1.29, 1.82) is 0 Å². The molecule has 92 valence electrons. The van der Waals surface area contributed by atoms with Crippen molar-refractivity contribution in [2.24, 2.45) is 10.7 Å². The van der Waals surface area contributed by atoms with Crippen LogP contribution in [-0.2, 0) is 0 Å². The molecule has 0 aliphatic heterocycles. The van der Waals surface area contributed by atoms with Gasteiger partial charge in [0.1, 0.15) is 5.84 Å². The minimum Gasteiger partial charge on any atom is -0.384 e. The predicted octanol–water partition coefficient (Wildman–Crippen LogP) is 1.29. The maximum absolute atomic E-state index is 5.87. The lowest BCUT2D eigenvalue weighted by Crippen LogP contribution is -2.16. The van der Waals surface area contributed by atoms with Gasteiger partial charge in [0, 0.05) is 24.5 Å². The molecule has 0 aliphatic rings. The summed E-state index contributed by atoms with van der Waals surface area (Å²) < 4.78 is 0. The second-order valence-electron chi connectivity index (χ2n) is 3.63. The largest absolute Gasteiger partial charge is 0.384 e. The Morgan fingerprint density at radius 2 is 1.83 bits per heavy atom. The molecule has 2 rings (SSSR count). The average Bonchev–Trinajstić information content (AvgIpc) is 2.45. The second-order valence-corrected chi connectivity index (χ2v) is 3.63. The third-order valence-electron chi connectivity index (χ3n) is 2.31. The quantitative estimate of drug-likeness (QED) is 0.470. The van der Waals surface area contributed by atoms with Gasteiger partial charge in [-0.2, -0.15) is 0 Å². The number of nitrogens with zero attached hydrogens (tertiary/aromatic N) is 3. The minimum absolute atomic E-state index is 0.548. The van der Waals surface area contributed by atoms with Crippen LogP contribution >= 0.6 is 0 Å². The van der Waals surface area contributed by atoms with Gasteiger partial charge in [0.25, 0.3) is 0 Å². The Kier molecular flexibility index (Phi) is 4.24. The molecular formula is C13H15N5. The highest BCUT2D eigenvalue weighted by Gasteiger charge is 1.96. The van der Waals surface area contributed by atoms with Crippen molar-refractivity contribution in [3.63, 3.8) is 0 Å². The Bertz CT molecular complexity index is 495. The van der Waals surface area contributed by atoms with E-state index in [0.717, 1.165) is 5.56 Å². The first kappa shape index (κ1) is 12.0. The summed E-state index contributed by atoms with van der Waals surface area (Å²) >= 11 is 0. The summed E-state index contributed by atoms with van der Waals surface area (Å²) in [5.74, 6) is 1.15. The van der Waals surface area contributed by atoms with E-state index in [9.17, 15) is 0 Å². The molecule has 0 fully saturated rings. The van der Waals surface area contributed by atoms with Crippen molar-refractivity contribution in [3.05, 3.63) is 54.4 Å². The second kappa shape index (κ2) is 6.34. The van der Waals surface area contributed by atoms with Crippen LogP contribution in [0.15, 0.2) is 53.8 Å². The molecule has 0 saturated heterocycles. The Labute approximate surface area is 106 Å². The summed E-state index contributed by atoms with van der Waals surface area (Å²) in [7, 11) is 0. The van der Waals surface area contributed by atoms with Crippen LogP contribution < -0.4 is 11.1 Å². The van der Waals surface area contributed by atoms with Gasteiger partial charge in [-0.3, -0.25) is 4.99 Å². The highest BCUT2D eigenvalue weighted by molar-refractivity contribution is 5.97. The minimum atomic E-state index is 0.548. The van der Waals surface area contributed by atoms with Gasteiger partial charge in [0.05, 0.1) is 6.54 Å². The molecule has 3 N–H and O–H groups in total. The van der Waals surface area contributed by atoms with Gasteiger partial charge < -0.3 is 11.1 Å². The van der Waals surface area contributed by atoms with Crippen LogP contribution in [0.3, 0.4) is 0 Å². The van der Waals surface area contributed by atoms with Gasteiger partial charge >= 0.3 is 0 Å². The Hall–Kier alpha value is -2.43. The molecule has 0 radical (unpaired) electrons. The summed E-state index contributed by atoms with van der Waals surface area (Å²) in [4.78, 5) is 12.4. The zero-order valence-electron chi connectivity index (χ0n) is 9.95. The van der Waals surface area contributed by atoms with Crippen LogP contribution in [0.5, 0.6) is 0 Å². The fourth-order valence-electron chi connectivity index (χ4n) is 1.43. The molecule has 2 aromatic rings. The van der Waals surface area contributed by atoms with Crippen molar-refractivity contribution in [3.8, 4) is 0 Å². The molecule has 1 heterocycles. The number of amidine groups is 1. The maximum atomic E-state index is 5.87. The Morgan fingerprint density at radius 1 is 1.11 bits per heavy atom. The van der Waals surface area contributed by atoms with E-state index in [1.54, 1.807) is 18.5 Å². The molecule has 18 heavy (non-hydrogen) atoms. The zero-order valence-corrected chi connectivity index (χ0v) is 9.95. The molecule has 1 aromatic carbocycles. The summed E-state index contributed by atoms with van der Waals surface area (Å²) in [5.41, 5.74) is 6.80. The number of hydrogen-bond donors (Lipinski definition) is 2. The highest BCUT2D eigenvalue weighted by atomic mass is 15.1. The summed E-state index contributed by atoms with van der Waals surface area (Å²) in [6.45, 7) is 1.23. The van der Waals surface area contributed by atoms with E-state index in [4.69, 9.17) is 5.73 Å². The number of nitrogens with one attached hydrogen (secondary N) is 1. The molecule has 0 spiro atoms. The van der Waals surface area contributed by atoms with Gasteiger partial charge in [0.2, 0.25) is 5.95 Å². The zero-order chi connectivity index (χ0) is 12.6. The highest BCUT2D eigenvalue weighted by Crippen LogP contribution is 1.98. The third-order valence-corrected chi connectivity index (χ3v) is 2.31.